The van der Waals surface area contributed by atoms with Crippen molar-refractivity contribution in [1.82, 2.24) is 5.32 Å². The number of hydrogen-bond donors (Lipinski definition) is 2. The molecule has 9 nitrogen and oxygen atoms in total. The Morgan fingerprint density at radius 3 is 1.43 bits per heavy atom. The van der Waals surface area contributed by atoms with E-state index in [-0.39, 0.29) is 89.7 Å². The topological polar surface area (TPSA) is 126 Å². The van der Waals surface area contributed by atoms with Crippen LogP contribution >= 0.6 is 0 Å². The predicted octanol–water partition coefficient (Wildman–Crippen LogP) is 13.3. The van der Waals surface area contributed by atoms with E-state index in [1.807, 2.05) is 60.7 Å². The van der Waals surface area contributed by atoms with Crippen LogP contribution in [0.15, 0.2) is 78.9 Å². The lowest BCUT2D eigenvalue weighted by molar-refractivity contribution is -0.0902. The number of nitrogens with two attached hydrogens (primary N) is 1. The van der Waals surface area contributed by atoms with Crippen molar-refractivity contribution in [3.8, 4) is 23.0 Å². The third-order valence-corrected chi connectivity index (χ3v) is 17.5. The monoisotopic (exact) mass is 933 g/mol. The first-order chi connectivity index (χ1) is 31.2. The van der Waals surface area contributed by atoms with Crippen LogP contribution in [0.5, 0.6) is 23.0 Å². The average molecular weight is 933 g/mol. The van der Waals surface area contributed by atoms with Crippen LogP contribution in [-0.2, 0) is 0 Å². The van der Waals surface area contributed by atoms with Crippen LogP contribution in [0.3, 0.4) is 0 Å². The zero-order valence-corrected chi connectivity index (χ0v) is 41.7. The number of benzene rings is 4. The van der Waals surface area contributed by atoms with Gasteiger partial charge in [-0.3, -0.25) is 14.4 Å². The third kappa shape index (κ3) is 10.2. The Bertz CT molecular complexity index is 2380. The van der Waals surface area contributed by atoms with E-state index in [1.54, 1.807) is 40.6 Å². The average Bonchev–Trinajstić information content (AvgIpc) is 3.29. The standard InChI is InChI=1S/C34H41NO4.C23H35NO3.2CH4/c1-21-28(35-32(37)24-13-12-22-10-7-8-11-23(22)16-24)20-29-33(2,3)14-9-15-34(29,4)30(21)31(36)25-17-26(38-5)19-27(18-25)39-6;1-14-18(24)13-19-22(2,3)8-7-9-23(19,4)20(14)21(25)15-10-16(26-5)12-17(11-15)27-6;;/h7-8,10-13,16-19,21,28-30H,9,14-15,20H2,1-6H3,(H,35,37);10-12,14,18-20H,7-9,13,24H2,1-6H3;2*1H4/t21-,28-,29+,30-,34+;14-,18-,19+,20-,23+;;/m11../s1. The van der Waals surface area contributed by atoms with E-state index in [2.05, 4.69) is 66.8 Å². The van der Waals surface area contributed by atoms with E-state index < -0.39 is 0 Å². The van der Waals surface area contributed by atoms with Gasteiger partial charge in [0.1, 0.15) is 23.0 Å². The van der Waals surface area contributed by atoms with Crippen LogP contribution in [0, 0.1) is 57.2 Å². The number of ether oxygens (including phenoxy) is 4. The van der Waals surface area contributed by atoms with Crippen molar-refractivity contribution in [2.24, 2.45) is 62.9 Å². The summed E-state index contributed by atoms with van der Waals surface area (Å²) in [7, 11) is 6.43. The van der Waals surface area contributed by atoms with Crippen LogP contribution in [0.25, 0.3) is 10.8 Å². The lowest BCUT2D eigenvalue weighted by Gasteiger charge is -2.60. The first-order valence-electron chi connectivity index (χ1n) is 24.3. The predicted molar refractivity (Wildman–Crippen MR) is 277 cm³/mol. The molecule has 8 rings (SSSR count). The quantitative estimate of drug-likeness (QED) is 0.151. The summed E-state index contributed by atoms with van der Waals surface area (Å²) >= 11 is 0. The molecule has 3 N–H and O–H groups in total. The van der Waals surface area contributed by atoms with Crippen molar-refractivity contribution >= 4 is 28.2 Å². The molecule has 0 radical (unpaired) electrons. The maximum atomic E-state index is 14.4. The molecule has 0 unspecified atom stereocenters. The van der Waals surface area contributed by atoms with E-state index in [1.165, 1.54) is 12.8 Å². The van der Waals surface area contributed by atoms with Crippen LogP contribution in [0.2, 0.25) is 0 Å². The number of carbonyl (C=O) groups is 3. The fourth-order valence-electron chi connectivity index (χ4n) is 14.0. The Kier molecular flexibility index (Phi) is 16.7. The lowest BCUT2D eigenvalue weighted by atomic mass is 9.45. The molecule has 4 aliphatic rings. The highest BCUT2D eigenvalue weighted by atomic mass is 16.5. The SMILES string of the molecule is C.C.COc1cc(OC)cc(C(=O)[C@H]2[C@H](C)[C@H](N)C[C@H]3C(C)(C)CCC[C@]23C)c1.COc1cc(OC)cc(C(=O)[C@H]2[C@H](C)[C@H](NC(=O)c3ccc4ccccc4c3)C[C@H]3C(C)(C)CCC[C@]23C)c1. The first-order valence-corrected chi connectivity index (χ1v) is 24.3. The van der Waals surface area contributed by atoms with E-state index in [0.29, 0.717) is 51.5 Å². The second-order valence-electron chi connectivity index (χ2n) is 22.2. The van der Waals surface area contributed by atoms with E-state index in [0.717, 1.165) is 49.3 Å². The molecule has 4 saturated carbocycles. The summed E-state index contributed by atoms with van der Waals surface area (Å²) in [4.78, 5) is 41.8. The smallest absolute Gasteiger partial charge is 0.251 e. The molecule has 68 heavy (non-hydrogen) atoms. The zero-order valence-electron chi connectivity index (χ0n) is 41.7. The minimum atomic E-state index is -0.241. The number of methoxy groups -OCH3 is 4. The van der Waals surface area contributed by atoms with Crippen molar-refractivity contribution in [2.45, 2.75) is 134 Å². The summed E-state index contributed by atoms with van der Waals surface area (Å²) in [6.07, 6.45) is 8.59. The summed E-state index contributed by atoms with van der Waals surface area (Å²) in [6, 6.07) is 24.8. The number of nitrogens with one attached hydrogen (secondary N) is 1. The van der Waals surface area contributed by atoms with Crippen molar-refractivity contribution in [3.05, 3.63) is 95.6 Å². The maximum Gasteiger partial charge on any atom is 0.251 e. The normalized spacial score (nSPS) is 30.0. The van der Waals surface area contributed by atoms with Crippen LogP contribution in [0.4, 0.5) is 0 Å². The van der Waals surface area contributed by atoms with Gasteiger partial charge in [-0.1, -0.05) is 113 Å². The number of hydrogen-bond acceptors (Lipinski definition) is 8. The van der Waals surface area contributed by atoms with Gasteiger partial charge in [0.15, 0.2) is 11.6 Å². The Morgan fingerprint density at radius 1 is 0.544 bits per heavy atom. The highest BCUT2D eigenvalue weighted by Crippen LogP contribution is 2.63. The van der Waals surface area contributed by atoms with Crippen molar-refractivity contribution in [1.29, 1.82) is 0 Å². The molecule has 10 atom stereocenters. The number of fused-ring (bicyclic) bond motifs is 3. The van der Waals surface area contributed by atoms with Gasteiger partial charge < -0.3 is 30.0 Å². The molecule has 0 aromatic heterocycles. The number of ketones is 2. The van der Waals surface area contributed by atoms with Crippen LogP contribution in [0.1, 0.15) is 153 Å². The highest BCUT2D eigenvalue weighted by Gasteiger charge is 2.60. The molecule has 4 aliphatic carbocycles. The molecule has 4 fully saturated rings. The molecule has 1 amide bonds. The fraction of sp³-hybridized carbons (Fsp3) is 0.576. The molecule has 0 bridgehead atoms. The molecule has 0 aliphatic heterocycles. The Hall–Kier alpha value is -4.89. The number of Topliss-reactive ketones (excluding diaryl/α,β-unsaturated/α-hetero) is 2. The minimum Gasteiger partial charge on any atom is -0.497 e. The van der Waals surface area contributed by atoms with Crippen LogP contribution < -0.4 is 30.0 Å². The fourth-order valence-corrected chi connectivity index (χ4v) is 14.0. The van der Waals surface area contributed by atoms with Crippen molar-refractivity contribution in [2.75, 3.05) is 28.4 Å². The Morgan fingerprint density at radius 2 is 0.971 bits per heavy atom. The molecule has 372 valence electrons. The van der Waals surface area contributed by atoms with Gasteiger partial charge in [-0.15, -0.1) is 0 Å². The van der Waals surface area contributed by atoms with Crippen LogP contribution in [-0.4, -0.2) is 58.0 Å². The van der Waals surface area contributed by atoms with Gasteiger partial charge >= 0.3 is 0 Å². The molecule has 0 spiro atoms. The summed E-state index contributed by atoms with van der Waals surface area (Å²) in [5.41, 5.74) is 8.60. The van der Waals surface area contributed by atoms with Gasteiger partial charge in [0, 0.05) is 52.7 Å². The number of amides is 1. The molecule has 0 saturated heterocycles. The minimum absolute atomic E-state index is 0. The zero-order chi connectivity index (χ0) is 47.9. The second-order valence-corrected chi connectivity index (χ2v) is 22.2. The Labute approximate surface area is 409 Å². The summed E-state index contributed by atoms with van der Waals surface area (Å²) in [5.74, 6) is 3.29. The molecular weight excluding hydrogens is 849 g/mol. The second kappa shape index (κ2) is 21.0. The van der Waals surface area contributed by atoms with Crippen molar-refractivity contribution in [3.63, 3.8) is 0 Å². The van der Waals surface area contributed by atoms with Gasteiger partial charge in [0.25, 0.3) is 5.91 Å². The summed E-state index contributed by atoms with van der Waals surface area (Å²) in [5, 5.41) is 5.53. The maximum absolute atomic E-state index is 14.4. The van der Waals surface area contributed by atoms with E-state index >= 15 is 0 Å². The molecular formula is C59H84N2O7. The van der Waals surface area contributed by atoms with Gasteiger partial charge in [-0.25, -0.2) is 0 Å². The van der Waals surface area contributed by atoms with E-state index in [9.17, 15) is 14.4 Å². The van der Waals surface area contributed by atoms with Gasteiger partial charge in [0.2, 0.25) is 0 Å². The third-order valence-electron chi connectivity index (χ3n) is 17.5. The first kappa shape index (κ1) is 54.1. The lowest BCUT2D eigenvalue weighted by Crippen LogP contribution is -2.60. The van der Waals surface area contributed by atoms with Crippen molar-refractivity contribution < 1.29 is 33.3 Å². The van der Waals surface area contributed by atoms with Gasteiger partial charge in [-0.2, -0.15) is 0 Å². The summed E-state index contributed by atoms with van der Waals surface area (Å²) in [6.45, 7) is 18.3. The van der Waals surface area contributed by atoms with Gasteiger partial charge in [-0.05, 0) is 131 Å². The largest absolute Gasteiger partial charge is 0.497 e. The Balaban J connectivity index is 0.000000263. The molecule has 4 aromatic rings. The molecule has 4 aromatic carbocycles. The molecule has 9 heteroatoms. The number of rotatable bonds is 10. The van der Waals surface area contributed by atoms with E-state index in [4.69, 9.17) is 24.7 Å². The highest BCUT2D eigenvalue weighted by molar-refractivity contribution is 6.01. The molecule has 0 heterocycles. The van der Waals surface area contributed by atoms with Gasteiger partial charge in [0.05, 0.1) is 28.4 Å². The number of carbonyl (C=O) groups excluding carboxylic acids is 3. The summed E-state index contributed by atoms with van der Waals surface area (Å²) < 4.78 is 21.8.